The van der Waals surface area contributed by atoms with Crippen molar-refractivity contribution in [2.24, 2.45) is 5.92 Å². The van der Waals surface area contributed by atoms with Crippen LogP contribution in [0.5, 0.6) is 0 Å². The Morgan fingerprint density at radius 3 is 3.07 bits per heavy atom. The molecule has 82 valence electrons. The first-order chi connectivity index (χ1) is 7.25. The summed E-state index contributed by atoms with van der Waals surface area (Å²) in [6.07, 6.45) is 1.15. The molecule has 3 heteroatoms. The van der Waals surface area contributed by atoms with Crippen LogP contribution < -0.4 is 5.32 Å². The average Bonchev–Trinajstić information content (AvgIpc) is 2.70. The molecule has 0 spiro atoms. The SMILES string of the molecule is CC(Nc1cccc(Cl)c1)C1CCOC1. The van der Waals surface area contributed by atoms with Crippen molar-refractivity contribution in [2.45, 2.75) is 19.4 Å². The third kappa shape index (κ3) is 2.86. The number of anilines is 1. The van der Waals surface area contributed by atoms with Gasteiger partial charge < -0.3 is 10.1 Å². The van der Waals surface area contributed by atoms with Crippen molar-refractivity contribution < 1.29 is 4.74 Å². The van der Waals surface area contributed by atoms with Gasteiger partial charge in [0, 0.05) is 29.3 Å². The van der Waals surface area contributed by atoms with Crippen molar-refractivity contribution in [1.29, 1.82) is 0 Å². The second-order valence-electron chi connectivity index (χ2n) is 4.07. The molecule has 1 aliphatic heterocycles. The molecule has 1 aliphatic rings. The normalized spacial score (nSPS) is 22.7. The van der Waals surface area contributed by atoms with Crippen LogP contribution in [0.3, 0.4) is 0 Å². The number of ether oxygens (including phenoxy) is 1. The van der Waals surface area contributed by atoms with Crippen molar-refractivity contribution in [3.8, 4) is 0 Å². The van der Waals surface area contributed by atoms with Crippen LogP contribution in [0.1, 0.15) is 13.3 Å². The fourth-order valence-corrected chi connectivity index (χ4v) is 2.10. The lowest BCUT2D eigenvalue weighted by molar-refractivity contribution is 0.183. The highest BCUT2D eigenvalue weighted by atomic mass is 35.5. The predicted molar refractivity (Wildman–Crippen MR) is 63.5 cm³/mol. The molecule has 0 bridgehead atoms. The van der Waals surface area contributed by atoms with E-state index in [9.17, 15) is 0 Å². The number of benzene rings is 1. The van der Waals surface area contributed by atoms with E-state index in [2.05, 4.69) is 12.2 Å². The Morgan fingerprint density at radius 1 is 1.53 bits per heavy atom. The standard InChI is InChI=1S/C12H16ClNO/c1-9(10-5-6-15-8-10)14-12-4-2-3-11(13)7-12/h2-4,7,9-10,14H,5-6,8H2,1H3. The average molecular weight is 226 g/mol. The molecular weight excluding hydrogens is 210 g/mol. The van der Waals surface area contributed by atoms with Gasteiger partial charge >= 0.3 is 0 Å². The Labute approximate surface area is 95.6 Å². The van der Waals surface area contributed by atoms with Crippen LogP contribution >= 0.6 is 11.6 Å². The number of hydrogen-bond acceptors (Lipinski definition) is 2. The van der Waals surface area contributed by atoms with Gasteiger partial charge in [-0.1, -0.05) is 17.7 Å². The summed E-state index contributed by atoms with van der Waals surface area (Å²) >= 11 is 5.92. The summed E-state index contributed by atoms with van der Waals surface area (Å²) in [4.78, 5) is 0. The molecule has 1 heterocycles. The molecule has 1 N–H and O–H groups in total. The summed E-state index contributed by atoms with van der Waals surface area (Å²) in [5.74, 6) is 0.615. The lowest BCUT2D eigenvalue weighted by Gasteiger charge is -2.20. The molecule has 2 unspecified atom stereocenters. The molecule has 1 aromatic rings. The second-order valence-corrected chi connectivity index (χ2v) is 4.50. The van der Waals surface area contributed by atoms with Crippen molar-refractivity contribution in [1.82, 2.24) is 0 Å². The Morgan fingerprint density at radius 2 is 2.40 bits per heavy atom. The maximum absolute atomic E-state index is 5.92. The Balaban J connectivity index is 1.95. The van der Waals surface area contributed by atoms with Crippen LogP contribution in [-0.4, -0.2) is 19.3 Å². The predicted octanol–water partition coefficient (Wildman–Crippen LogP) is 3.18. The minimum absolute atomic E-state index is 0.436. The van der Waals surface area contributed by atoms with Gasteiger partial charge in [0.25, 0.3) is 0 Å². The van der Waals surface area contributed by atoms with Gasteiger partial charge in [-0.05, 0) is 31.5 Å². The maximum Gasteiger partial charge on any atom is 0.0514 e. The van der Waals surface area contributed by atoms with Crippen molar-refractivity contribution >= 4 is 17.3 Å². The molecule has 0 aromatic heterocycles. The Bertz CT molecular complexity index is 323. The zero-order valence-corrected chi connectivity index (χ0v) is 9.63. The van der Waals surface area contributed by atoms with Gasteiger partial charge in [0.1, 0.15) is 0 Å². The van der Waals surface area contributed by atoms with E-state index in [1.165, 1.54) is 0 Å². The zero-order chi connectivity index (χ0) is 10.7. The van der Waals surface area contributed by atoms with E-state index in [1.807, 2.05) is 24.3 Å². The molecule has 0 amide bonds. The molecule has 1 saturated heterocycles. The van der Waals surface area contributed by atoms with Crippen LogP contribution in [0.4, 0.5) is 5.69 Å². The van der Waals surface area contributed by atoms with Gasteiger partial charge in [0.2, 0.25) is 0 Å². The minimum Gasteiger partial charge on any atom is -0.382 e. The van der Waals surface area contributed by atoms with E-state index >= 15 is 0 Å². The van der Waals surface area contributed by atoms with Crippen LogP contribution in [0.25, 0.3) is 0 Å². The number of rotatable bonds is 3. The van der Waals surface area contributed by atoms with Gasteiger partial charge in [0.05, 0.1) is 6.61 Å². The Hall–Kier alpha value is -0.730. The van der Waals surface area contributed by atoms with Crippen molar-refractivity contribution in [2.75, 3.05) is 18.5 Å². The third-order valence-electron chi connectivity index (χ3n) is 2.89. The van der Waals surface area contributed by atoms with Crippen molar-refractivity contribution in [3.05, 3.63) is 29.3 Å². The van der Waals surface area contributed by atoms with Gasteiger partial charge in [-0.15, -0.1) is 0 Å². The third-order valence-corrected chi connectivity index (χ3v) is 3.13. The van der Waals surface area contributed by atoms with Crippen LogP contribution in [-0.2, 0) is 4.74 Å². The molecule has 1 fully saturated rings. The number of nitrogens with one attached hydrogen (secondary N) is 1. The highest BCUT2D eigenvalue weighted by Crippen LogP contribution is 2.21. The van der Waals surface area contributed by atoms with Crippen LogP contribution in [0, 0.1) is 5.92 Å². The summed E-state index contributed by atoms with van der Waals surface area (Å²) in [7, 11) is 0. The monoisotopic (exact) mass is 225 g/mol. The van der Waals surface area contributed by atoms with Gasteiger partial charge in [-0.3, -0.25) is 0 Å². The lowest BCUT2D eigenvalue weighted by atomic mass is 10.0. The minimum atomic E-state index is 0.436. The summed E-state index contributed by atoms with van der Waals surface area (Å²) in [6.45, 7) is 3.96. The molecule has 15 heavy (non-hydrogen) atoms. The van der Waals surface area contributed by atoms with E-state index in [1.54, 1.807) is 0 Å². The maximum atomic E-state index is 5.92. The molecule has 0 saturated carbocycles. The van der Waals surface area contributed by atoms with Gasteiger partial charge in [0.15, 0.2) is 0 Å². The molecule has 2 atom stereocenters. The topological polar surface area (TPSA) is 21.3 Å². The smallest absolute Gasteiger partial charge is 0.0514 e. The summed E-state index contributed by atoms with van der Waals surface area (Å²) in [5, 5.41) is 4.23. The number of halogens is 1. The molecule has 2 rings (SSSR count). The molecule has 1 aromatic carbocycles. The summed E-state index contributed by atoms with van der Waals surface area (Å²) < 4.78 is 5.37. The first-order valence-corrected chi connectivity index (χ1v) is 5.73. The second kappa shape index (κ2) is 4.86. The molecule has 2 nitrogen and oxygen atoms in total. The van der Waals surface area contributed by atoms with Crippen molar-refractivity contribution in [3.63, 3.8) is 0 Å². The van der Waals surface area contributed by atoms with E-state index < -0.39 is 0 Å². The molecule has 0 aliphatic carbocycles. The molecule has 0 radical (unpaired) electrons. The highest BCUT2D eigenvalue weighted by molar-refractivity contribution is 6.30. The quantitative estimate of drug-likeness (QED) is 0.853. The Kier molecular flexibility index (Phi) is 3.49. The summed E-state index contributed by atoms with van der Waals surface area (Å²) in [5.41, 5.74) is 1.09. The van der Waals surface area contributed by atoms with E-state index in [0.29, 0.717) is 12.0 Å². The summed E-state index contributed by atoms with van der Waals surface area (Å²) in [6, 6.07) is 8.27. The van der Waals surface area contributed by atoms with E-state index in [-0.39, 0.29) is 0 Å². The number of hydrogen-bond donors (Lipinski definition) is 1. The fraction of sp³-hybridized carbons (Fsp3) is 0.500. The first kappa shape index (κ1) is 10.8. The van der Waals surface area contributed by atoms with Gasteiger partial charge in [-0.25, -0.2) is 0 Å². The van der Waals surface area contributed by atoms with Crippen LogP contribution in [0.15, 0.2) is 24.3 Å². The van der Waals surface area contributed by atoms with E-state index in [4.69, 9.17) is 16.3 Å². The largest absolute Gasteiger partial charge is 0.382 e. The zero-order valence-electron chi connectivity index (χ0n) is 8.87. The molecular formula is C12H16ClNO. The van der Waals surface area contributed by atoms with Crippen LogP contribution in [0.2, 0.25) is 5.02 Å². The first-order valence-electron chi connectivity index (χ1n) is 5.35. The van der Waals surface area contributed by atoms with E-state index in [0.717, 1.165) is 30.3 Å². The highest BCUT2D eigenvalue weighted by Gasteiger charge is 2.21. The van der Waals surface area contributed by atoms with Gasteiger partial charge in [-0.2, -0.15) is 0 Å². The lowest BCUT2D eigenvalue weighted by Crippen LogP contribution is -2.25. The fourth-order valence-electron chi connectivity index (χ4n) is 1.91.